The zero-order chi connectivity index (χ0) is 13.9. The average Bonchev–Trinajstić information content (AvgIpc) is 3.08. The van der Waals surface area contributed by atoms with Gasteiger partial charge < -0.3 is 5.32 Å². The van der Waals surface area contributed by atoms with Gasteiger partial charge in [0.15, 0.2) is 0 Å². The molecular weight excluding hydrogens is 266 g/mol. The molecule has 2 fully saturated rings. The van der Waals surface area contributed by atoms with E-state index in [2.05, 4.69) is 29.6 Å². The Balaban J connectivity index is 1.45. The number of amides is 1. The Morgan fingerprint density at radius 2 is 2.10 bits per heavy atom. The first-order chi connectivity index (χ1) is 9.72. The van der Waals surface area contributed by atoms with Gasteiger partial charge >= 0.3 is 0 Å². The molecule has 2 bridgehead atoms. The smallest absolute Gasteiger partial charge is 0.233 e. The number of carbonyl (C=O) groups is 1. The highest BCUT2D eigenvalue weighted by Crippen LogP contribution is 2.44. The van der Waals surface area contributed by atoms with E-state index in [-0.39, 0.29) is 11.2 Å². The standard InChI is InChI=1S/C17H23NOS/c1-12(20-11-13-5-3-2-4-6-13)17(19)18-16-10-14-7-8-15(16)9-14/h2-6,12,14-16H,7-11H2,1H3,(H,18,19)/t12-,14-,15+,16+/m0/s1. The molecule has 0 aliphatic heterocycles. The van der Waals surface area contributed by atoms with Crippen LogP contribution in [-0.4, -0.2) is 17.2 Å². The number of fused-ring (bicyclic) bond motifs is 2. The van der Waals surface area contributed by atoms with Crippen molar-refractivity contribution in [1.29, 1.82) is 0 Å². The number of benzene rings is 1. The van der Waals surface area contributed by atoms with Crippen LogP contribution in [0.5, 0.6) is 0 Å². The van der Waals surface area contributed by atoms with Crippen LogP contribution in [0.15, 0.2) is 30.3 Å². The minimum atomic E-state index is 0.0364. The van der Waals surface area contributed by atoms with Crippen LogP contribution in [0.25, 0.3) is 0 Å². The highest BCUT2D eigenvalue weighted by atomic mass is 32.2. The first-order valence-electron chi connectivity index (χ1n) is 7.68. The molecule has 1 aromatic rings. The zero-order valence-corrected chi connectivity index (χ0v) is 12.9. The van der Waals surface area contributed by atoms with Gasteiger partial charge in [-0.2, -0.15) is 0 Å². The summed E-state index contributed by atoms with van der Waals surface area (Å²) in [4.78, 5) is 12.3. The van der Waals surface area contributed by atoms with E-state index < -0.39 is 0 Å². The third kappa shape index (κ3) is 3.20. The van der Waals surface area contributed by atoms with Crippen molar-refractivity contribution in [2.75, 3.05) is 0 Å². The van der Waals surface area contributed by atoms with Gasteiger partial charge in [-0.05, 0) is 43.6 Å². The molecule has 0 heterocycles. The molecule has 1 aromatic carbocycles. The van der Waals surface area contributed by atoms with E-state index in [0.29, 0.717) is 6.04 Å². The van der Waals surface area contributed by atoms with Crippen molar-refractivity contribution < 1.29 is 4.79 Å². The number of thioether (sulfide) groups is 1. The first-order valence-corrected chi connectivity index (χ1v) is 8.73. The Bertz CT molecular complexity index is 461. The normalized spacial score (nSPS) is 29.4. The van der Waals surface area contributed by atoms with E-state index in [0.717, 1.165) is 17.6 Å². The Hall–Kier alpha value is -0.960. The molecule has 0 aromatic heterocycles. The molecule has 0 unspecified atom stereocenters. The fraction of sp³-hybridized carbons (Fsp3) is 0.588. The Kier molecular flexibility index (Phi) is 4.35. The molecule has 3 heteroatoms. The van der Waals surface area contributed by atoms with Crippen LogP contribution in [0.1, 0.15) is 38.2 Å². The summed E-state index contributed by atoms with van der Waals surface area (Å²) in [7, 11) is 0. The minimum absolute atomic E-state index is 0.0364. The molecule has 4 atom stereocenters. The summed E-state index contributed by atoms with van der Waals surface area (Å²) in [6, 6.07) is 10.8. The van der Waals surface area contributed by atoms with Gasteiger partial charge in [0.1, 0.15) is 0 Å². The van der Waals surface area contributed by atoms with Gasteiger partial charge in [-0.3, -0.25) is 4.79 Å². The lowest BCUT2D eigenvalue weighted by Gasteiger charge is -2.24. The van der Waals surface area contributed by atoms with Crippen molar-refractivity contribution in [3.05, 3.63) is 35.9 Å². The summed E-state index contributed by atoms with van der Waals surface area (Å²) in [6.45, 7) is 2.02. The number of nitrogens with one attached hydrogen (secondary N) is 1. The van der Waals surface area contributed by atoms with E-state index in [1.807, 2.05) is 13.0 Å². The third-order valence-electron chi connectivity index (χ3n) is 4.78. The summed E-state index contributed by atoms with van der Waals surface area (Å²) in [5.74, 6) is 2.78. The van der Waals surface area contributed by atoms with Gasteiger partial charge in [-0.25, -0.2) is 0 Å². The molecule has 3 rings (SSSR count). The van der Waals surface area contributed by atoms with Gasteiger partial charge in [-0.15, -0.1) is 11.8 Å². The van der Waals surface area contributed by atoms with Gasteiger partial charge in [0, 0.05) is 11.8 Å². The molecular formula is C17H23NOS. The SMILES string of the molecule is C[C@H](SCc1ccccc1)C(=O)N[C@@H]1C[C@H]2CC[C@@H]1C2. The third-order valence-corrected chi connectivity index (χ3v) is 5.99. The molecule has 108 valence electrons. The lowest BCUT2D eigenvalue weighted by molar-refractivity contribution is -0.121. The van der Waals surface area contributed by atoms with E-state index in [9.17, 15) is 4.79 Å². The topological polar surface area (TPSA) is 29.1 Å². The van der Waals surface area contributed by atoms with E-state index in [1.165, 1.54) is 31.2 Å². The highest BCUT2D eigenvalue weighted by molar-refractivity contribution is 7.99. The quantitative estimate of drug-likeness (QED) is 0.897. The molecule has 1 N–H and O–H groups in total. The Morgan fingerprint density at radius 3 is 2.75 bits per heavy atom. The lowest BCUT2D eigenvalue weighted by Crippen LogP contribution is -2.42. The maximum Gasteiger partial charge on any atom is 0.233 e. The summed E-state index contributed by atoms with van der Waals surface area (Å²) in [5, 5.41) is 3.32. The van der Waals surface area contributed by atoms with Gasteiger partial charge in [-0.1, -0.05) is 36.8 Å². The lowest BCUT2D eigenvalue weighted by atomic mass is 9.95. The van der Waals surface area contributed by atoms with Gasteiger partial charge in [0.25, 0.3) is 0 Å². The van der Waals surface area contributed by atoms with Crippen LogP contribution >= 0.6 is 11.8 Å². The van der Waals surface area contributed by atoms with Crippen LogP contribution in [0.2, 0.25) is 0 Å². The fourth-order valence-corrected chi connectivity index (χ4v) is 4.45. The predicted octanol–water partition coefficient (Wildman–Crippen LogP) is 3.61. The molecule has 2 nitrogen and oxygen atoms in total. The molecule has 1 amide bonds. The fourth-order valence-electron chi connectivity index (χ4n) is 3.59. The second-order valence-electron chi connectivity index (χ2n) is 6.23. The largest absolute Gasteiger partial charge is 0.352 e. The average molecular weight is 289 g/mol. The van der Waals surface area contributed by atoms with Crippen LogP contribution in [0, 0.1) is 11.8 Å². The Labute approximate surface area is 125 Å². The van der Waals surface area contributed by atoms with Crippen molar-refractivity contribution in [3.63, 3.8) is 0 Å². The minimum Gasteiger partial charge on any atom is -0.352 e. The van der Waals surface area contributed by atoms with Crippen molar-refractivity contribution >= 4 is 17.7 Å². The van der Waals surface area contributed by atoms with E-state index in [4.69, 9.17) is 0 Å². The van der Waals surface area contributed by atoms with Crippen molar-refractivity contribution in [2.24, 2.45) is 11.8 Å². The van der Waals surface area contributed by atoms with Crippen LogP contribution < -0.4 is 5.32 Å². The molecule has 2 aliphatic carbocycles. The molecule has 0 saturated heterocycles. The monoisotopic (exact) mass is 289 g/mol. The zero-order valence-electron chi connectivity index (χ0n) is 12.0. The van der Waals surface area contributed by atoms with Gasteiger partial charge in [0.2, 0.25) is 5.91 Å². The maximum atomic E-state index is 12.3. The summed E-state index contributed by atoms with van der Waals surface area (Å²) < 4.78 is 0. The predicted molar refractivity (Wildman–Crippen MR) is 84.6 cm³/mol. The van der Waals surface area contributed by atoms with E-state index in [1.54, 1.807) is 11.8 Å². The second-order valence-corrected chi connectivity index (χ2v) is 7.56. The molecule has 20 heavy (non-hydrogen) atoms. The summed E-state index contributed by atoms with van der Waals surface area (Å²) in [5.41, 5.74) is 1.29. The van der Waals surface area contributed by atoms with Crippen LogP contribution in [0.3, 0.4) is 0 Å². The molecule has 2 aliphatic rings. The molecule has 0 radical (unpaired) electrons. The number of rotatable bonds is 5. The number of carbonyl (C=O) groups excluding carboxylic acids is 1. The number of hydrogen-bond acceptors (Lipinski definition) is 2. The second kappa shape index (κ2) is 6.21. The molecule has 0 spiro atoms. The Morgan fingerprint density at radius 1 is 1.30 bits per heavy atom. The highest BCUT2D eigenvalue weighted by Gasteiger charge is 2.40. The van der Waals surface area contributed by atoms with Crippen molar-refractivity contribution in [3.8, 4) is 0 Å². The maximum absolute atomic E-state index is 12.3. The summed E-state index contributed by atoms with van der Waals surface area (Å²) in [6.07, 6.45) is 5.26. The molecule has 2 saturated carbocycles. The van der Waals surface area contributed by atoms with Crippen LogP contribution in [-0.2, 0) is 10.5 Å². The van der Waals surface area contributed by atoms with Gasteiger partial charge in [0.05, 0.1) is 5.25 Å². The van der Waals surface area contributed by atoms with E-state index >= 15 is 0 Å². The van der Waals surface area contributed by atoms with Crippen molar-refractivity contribution in [2.45, 2.75) is 49.7 Å². The number of hydrogen-bond donors (Lipinski definition) is 1. The van der Waals surface area contributed by atoms with Crippen LogP contribution in [0.4, 0.5) is 0 Å². The van der Waals surface area contributed by atoms with Crippen molar-refractivity contribution in [1.82, 2.24) is 5.32 Å². The first kappa shape index (κ1) is 14.0. The summed E-state index contributed by atoms with van der Waals surface area (Å²) >= 11 is 1.73.